The maximum Gasteiger partial charge on any atom is 0.237 e. The molecule has 0 radical (unpaired) electrons. The van der Waals surface area contributed by atoms with Gasteiger partial charge in [0.25, 0.3) is 0 Å². The Morgan fingerprint density at radius 3 is 3.05 bits per heavy atom. The van der Waals surface area contributed by atoms with Crippen LogP contribution in [0.1, 0.15) is 13.3 Å². The first-order valence-electron chi connectivity index (χ1n) is 7.18. The topological polar surface area (TPSA) is 51.0 Å². The van der Waals surface area contributed by atoms with Gasteiger partial charge in [-0.2, -0.15) is 0 Å². The van der Waals surface area contributed by atoms with Gasteiger partial charge in [0.2, 0.25) is 5.91 Å². The second-order valence-electron chi connectivity index (χ2n) is 5.24. The molecular formula is C15H18N4OS2. The van der Waals surface area contributed by atoms with Gasteiger partial charge < -0.3 is 9.47 Å². The second kappa shape index (κ2) is 6.75. The number of fused-ring (bicyclic) bond motifs is 1. The molecular weight excluding hydrogens is 316 g/mol. The number of hydrogen-bond donors (Lipinski definition) is 0. The molecule has 1 atom stereocenters. The van der Waals surface area contributed by atoms with Crippen LogP contribution >= 0.6 is 23.5 Å². The average molecular weight is 334 g/mol. The van der Waals surface area contributed by atoms with E-state index in [9.17, 15) is 4.79 Å². The van der Waals surface area contributed by atoms with E-state index in [1.54, 1.807) is 6.33 Å². The third-order valence-corrected chi connectivity index (χ3v) is 5.80. The van der Waals surface area contributed by atoms with Crippen molar-refractivity contribution in [2.24, 2.45) is 7.05 Å². The number of thioether (sulfide) groups is 2. The monoisotopic (exact) mass is 334 g/mol. The zero-order valence-electron chi connectivity index (χ0n) is 12.6. The highest BCUT2D eigenvalue weighted by Gasteiger charge is 2.24. The molecule has 1 aromatic heterocycles. The van der Waals surface area contributed by atoms with Crippen molar-refractivity contribution in [2.45, 2.75) is 28.6 Å². The molecule has 3 rings (SSSR count). The van der Waals surface area contributed by atoms with Gasteiger partial charge in [0.05, 0.1) is 11.4 Å². The van der Waals surface area contributed by atoms with Crippen molar-refractivity contribution in [1.29, 1.82) is 0 Å². The Kier molecular flexibility index (Phi) is 4.73. The van der Waals surface area contributed by atoms with Crippen LogP contribution in [0.4, 0.5) is 5.69 Å². The molecule has 2 heterocycles. The minimum atomic E-state index is 0.121. The highest BCUT2D eigenvalue weighted by Crippen LogP contribution is 2.37. The van der Waals surface area contributed by atoms with Crippen LogP contribution < -0.4 is 4.90 Å². The molecule has 22 heavy (non-hydrogen) atoms. The lowest BCUT2D eigenvalue weighted by Crippen LogP contribution is -2.33. The SMILES string of the molecule is C[C@@H]1CCN(C(=O)CSc2nncn2C)c2ccccc2S1. The third kappa shape index (κ3) is 3.30. The highest BCUT2D eigenvalue weighted by molar-refractivity contribution is 8.00. The number of amides is 1. The molecule has 0 unspecified atom stereocenters. The summed E-state index contributed by atoms with van der Waals surface area (Å²) in [5, 5.41) is 9.13. The van der Waals surface area contributed by atoms with Crippen molar-refractivity contribution in [3.63, 3.8) is 0 Å². The quantitative estimate of drug-likeness (QED) is 0.808. The van der Waals surface area contributed by atoms with Crippen molar-refractivity contribution in [1.82, 2.24) is 14.8 Å². The first-order valence-corrected chi connectivity index (χ1v) is 9.04. The number of anilines is 1. The molecule has 0 bridgehead atoms. The zero-order valence-corrected chi connectivity index (χ0v) is 14.2. The van der Waals surface area contributed by atoms with Crippen LogP contribution in [0.2, 0.25) is 0 Å². The van der Waals surface area contributed by atoms with Crippen molar-refractivity contribution in [3.8, 4) is 0 Å². The van der Waals surface area contributed by atoms with Crippen molar-refractivity contribution < 1.29 is 4.79 Å². The van der Waals surface area contributed by atoms with Crippen molar-refractivity contribution in [3.05, 3.63) is 30.6 Å². The van der Waals surface area contributed by atoms with E-state index in [0.29, 0.717) is 11.0 Å². The predicted octanol–water partition coefficient (Wildman–Crippen LogP) is 2.82. The van der Waals surface area contributed by atoms with Crippen LogP contribution in [0.25, 0.3) is 0 Å². The van der Waals surface area contributed by atoms with Crippen LogP contribution in [0, 0.1) is 0 Å². The van der Waals surface area contributed by atoms with Crippen LogP contribution in [-0.2, 0) is 11.8 Å². The smallest absolute Gasteiger partial charge is 0.237 e. The molecule has 0 fully saturated rings. The van der Waals surface area contributed by atoms with E-state index in [0.717, 1.165) is 23.8 Å². The molecule has 0 aliphatic carbocycles. The number of rotatable bonds is 3. The normalized spacial score (nSPS) is 17.9. The molecule has 2 aromatic rings. The minimum absolute atomic E-state index is 0.121. The van der Waals surface area contributed by atoms with Gasteiger partial charge in [0, 0.05) is 23.7 Å². The van der Waals surface area contributed by atoms with Crippen LogP contribution in [-0.4, -0.2) is 38.2 Å². The number of hydrogen-bond acceptors (Lipinski definition) is 5. The number of carbonyl (C=O) groups excluding carboxylic acids is 1. The molecule has 0 N–H and O–H groups in total. The summed E-state index contributed by atoms with van der Waals surface area (Å²) in [6.45, 7) is 2.98. The molecule has 1 amide bonds. The van der Waals surface area contributed by atoms with Crippen LogP contribution in [0.15, 0.2) is 40.6 Å². The maximum atomic E-state index is 12.7. The lowest BCUT2D eigenvalue weighted by molar-refractivity contribution is -0.116. The van der Waals surface area contributed by atoms with Gasteiger partial charge in [-0.3, -0.25) is 4.79 Å². The fourth-order valence-electron chi connectivity index (χ4n) is 2.35. The van der Waals surface area contributed by atoms with E-state index in [-0.39, 0.29) is 5.91 Å². The van der Waals surface area contributed by atoms with Crippen LogP contribution in [0.3, 0.4) is 0 Å². The molecule has 116 valence electrons. The van der Waals surface area contributed by atoms with E-state index < -0.39 is 0 Å². The first-order chi connectivity index (χ1) is 10.6. The van der Waals surface area contributed by atoms with Gasteiger partial charge in [-0.05, 0) is 18.6 Å². The predicted molar refractivity (Wildman–Crippen MR) is 90.5 cm³/mol. The summed E-state index contributed by atoms with van der Waals surface area (Å²) in [5.41, 5.74) is 1.03. The number of aryl methyl sites for hydroxylation is 1. The van der Waals surface area contributed by atoms with Gasteiger partial charge in [0.15, 0.2) is 5.16 Å². The third-order valence-electron chi connectivity index (χ3n) is 3.54. The first kappa shape index (κ1) is 15.4. The summed E-state index contributed by atoms with van der Waals surface area (Å²) in [6.07, 6.45) is 2.64. The van der Waals surface area contributed by atoms with Gasteiger partial charge in [0.1, 0.15) is 6.33 Å². The van der Waals surface area contributed by atoms with Gasteiger partial charge in [-0.15, -0.1) is 22.0 Å². The largest absolute Gasteiger partial charge is 0.312 e. The Bertz CT molecular complexity index is 673. The van der Waals surface area contributed by atoms with Crippen LogP contribution in [0.5, 0.6) is 0 Å². The lowest BCUT2D eigenvalue weighted by Gasteiger charge is -2.22. The number of nitrogens with zero attached hydrogens (tertiary/aromatic N) is 4. The fourth-order valence-corrected chi connectivity index (χ4v) is 4.23. The summed E-state index contributed by atoms with van der Waals surface area (Å²) in [7, 11) is 1.88. The maximum absolute atomic E-state index is 12.7. The molecule has 5 nitrogen and oxygen atoms in total. The summed E-state index contributed by atoms with van der Waals surface area (Å²) in [6, 6.07) is 8.15. The Morgan fingerprint density at radius 1 is 1.45 bits per heavy atom. The van der Waals surface area contributed by atoms with E-state index in [1.807, 2.05) is 46.5 Å². The van der Waals surface area contributed by atoms with Gasteiger partial charge in [-0.1, -0.05) is 30.8 Å². The molecule has 0 saturated carbocycles. The number of aromatic nitrogens is 3. The standard InChI is InChI=1S/C15H18N4OS2/c1-11-7-8-19(12-5-3-4-6-13(12)22-11)14(20)9-21-15-17-16-10-18(15)2/h3-6,10-11H,7-9H2,1-2H3/t11-/m1/s1. The molecule has 0 saturated heterocycles. The highest BCUT2D eigenvalue weighted by atomic mass is 32.2. The van der Waals surface area contributed by atoms with E-state index >= 15 is 0 Å². The number of benzene rings is 1. The van der Waals surface area contributed by atoms with Crippen molar-refractivity contribution >= 4 is 35.1 Å². The summed E-state index contributed by atoms with van der Waals surface area (Å²) >= 11 is 3.27. The Morgan fingerprint density at radius 2 is 2.27 bits per heavy atom. The molecule has 7 heteroatoms. The fraction of sp³-hybridized carbons (Fsp3) is 0.400. The number of carbonyl (C=O) groups is 1. The van der Waals surface area contributed by atoms with E-state index in [4.69, 9.17) is 0 Å². The summed E-state index contributed by atoms with van der Waals surface area (Å²) in [5.74, 6) is 0.495. The van der Waals surface area contributed by atoms with E-state index in [1.165, 1.54) is 16.7 Å². The molecule has 0 spiro atoms. The molecule has 1 aliphatic rings. The van der Waals surface area contributed by atoms with E-state index in [2.05, 4.69) is 23.2 Å². The minimum Gasteiger partial charge on any atom is -0.312 e. The number of para-hydroxylation sites is 1. The Labute approximate surface area is 138 Å². The Balaban J connectivity index is 1.75. The summed E-state index contributed by atoms with van der Waals surface area (Å²) < 4.78 is 1.83. The molecule has 1 aromatic carbocycles. The van der Waals surface area contributed by atoms with Gasteiger partial charge >= 0.3 is 0 Å². The second-order valence-corrected chi connectivity index (χ2v) is 7.67. The molecule has 1 aliphatic heterocycles. The average Bonchev–Trinajstić information content (AvgIpc) is 2.83. The Hall–Kier alpha value is -1.47. The summed E-state index contributed by atoms with van der Waals surface area (Å²) in [4.78, 5) is 15.8. The lowest BCUT2D eigenvalue weighted by atomic mass is 10.2. The van der Waals surface area contributed by atoms with Crippen molar-refractivity contribution in [2.75, 3.05) is 17.2 Å². The van der Waals surface area contributed by atoms with Gasteiger partial charge in [-0.25, -0.2) is 0 Å². The zero-order chi connectivity index (χ0) is 15.5.